The Morgan fingerprint density at radius 3 is 2.79 bits per heavy atom. The zero-order valence-corrected chi connectivity index (χ0v) is 15.6. The molecular weight excluding hydrogens is 374 g/mol. The molecule has 3 atom stereocenters. The number of ether oxygens (including phenoxy) is 1. The molecule has 1 aromatic carbocycles. The van der Waals surface area contributed by atoms with Gasteiger partial charge in [0, 0.05) is 24.4 Å². The first-order valence-electron chi connectivity index (χ1n) is 9.29. The van der Waals surface area contributed by atoms with Crippen LogP contribution >= 0.6 is 0 Å². The number of nitrogens with zero attached hydrogens (tertiary/aromatic N) is 5. The van der Waals surface area contributed by atoms with Gasteiger partial charge in [-0.1, -0.05) is 24.3 Å². The lowest BCUT2D eigenvalue weighted by molar-refractivity contribution is -0.139. The Morgan fingerprint density at radius 1 is 1.31 bits per heavy atom. The first-order chi connectivity index (χ1) is 14.1. The molecule has 0 N–H and O–H groups in total. The molecule has 9 nitrogen and oxygen atoms in total. The van der Waals surface area contributed by atoms with Crippen molar-refractivity contribution >= 4 is 34.3 Å². The predicted molar refractivity (Wildman–Crippen MR) is 101 cm³/mol. The number of pyridine rings is 1. The Balaban J connectivity index is 1.55. The van der Waals surface area contributed by atoms with Crippen LogP contribution < -0.4 is 4.90 Å². The number of carbonyl (C=O) groups excluding carboxylic acids is 3. The van der Waals surface area contributed by atoms with Gasteiger partial charge in [0.1, 0.15) is 24.4 Å². The van der Waals surface area contributed by atoms with Crippen LogP contribution in [0.5, 0.6) is 0 Å². The maximum absolute atomic E-state index is 13.3. The van der Waals surface area contributed by atoms with E-state index in [4.69, 9.17) is 4.74 Å². The molecule has 3 aliphatic rings. The number of methoxy groups -OCH3 is 1. The second-order valence-corrected chi connectivity index (χ2v) is 7.39. The molecule has 2 bridgehead atoms. The predicted octanol–water partition coefficient (Wildman–Crippen LogP) is 0.873. The Hall–Kier alpha value is -3.51. The van der Waals surface area contributed by atoms with Gasteiger partial charge in [-0.05, 0) is 6.42 Å². The summed E-state index contributed by atoms with van der Waals surface area (Å²) in [5, 5.41) is 10.5. The minimum atomic E-state index is -0.698. The van der Waals surface area contributed by atoms with Crippen LogP contribution in [0.15, 0.2) is 30.5 Å². The molecule has 3 aliphatic heterocycles. The molecule has 9 heteroatoms. The van der Waals surface area contributed by atoms with Crippen molar-refractivity contribution in [2.24, 2.45) is 0 Å². The lowest BCUT2D eigenvalue weighted by atomic mass is 10.1. The highest BCUT2D eigenvalue weighted by molar-refractivity contribution is 6.25. The summed E-state index contributed by atoms with van der Waals surface area (Å²) < 4.78 is 4.94. The summed E-state index contributed by atoms with van der Waals surface area (Å²) in [5.74, 6) is -0.544. The zero-order chi connectivity index (χ0) is 20.3. The number of imide groups is 1. The van der Waals surface area contributed by atoms with Gasteiger partial charge in [-0.3, -0.25) is 9.59 Å². The lowest BCUT2D eigenvalue weighted by Gasteiger charge is -2.34. The van der Waals surface area contributed by atoms with Crippen LogP contribution in [-0.2, 0) is 14.3 Å². The van der Waals surface area contributed by atoms with Crippen LogP contribution in [0.25, 0.3) is 10.8 Å². The largest absolute Gasteiger partial charge is 0.375 e. The van der Waals surface area contributed by atoms with E-state index in [9.17, 15) is 19.6 Å². The molecule has 29 heavy (non-hydrogen) atoms. The first kappa shape index (κ1) is 17.6. The Morgan fingerprint density at radius 2 is 2.07 bits per heavy atom. The fourth-order valence-electron chi connectivity index (χ4n) is 4.82. The van der Waals surface area contributed by atoms with Gasteiger partial charge in [0.05, 0.1) is 24.0 Å². The minimum absolute atomic E-state index is 0.0496. The maximum Gasteiger partial charge on any atom is 0.332 e. The summed E-state index contributed by atoms with van der Waals surface area (Å²) in [7, 11) is 1.45. The number of anilines is 1. The van der Waals surface area contributed by atoms with Crippen molar-refractivity contribution < 1.29 is 19.1 Å². The quantitative estimate of drug-likeness (QED) is 0.719. The number of hydrogen-bond donors (Lipinski definition) is 0. The normalized spacial score (nSPS) is 25.1. The van der Waals surface area contributed by atoms with E-state index in [0.717, 1.165) is 4.90 Å². The summed E-state index contributed by atoms with van der Waals surface area (Å²) in [6.45, 7) is 0.356. The highest BCUT2D eigenvalue weighted by Gasteiger charge is 2.63. The number of amides is 4. The Bertz CT molecular complexity index is 1110. The van der Waals surface area contributed by atoms with Crippen molar-refractivity contribution in [1.82, 2.24) is 14.8 Å². The van der Waals surface area contributed by atoms with Gasteiger partial charge in [0.2, 0.25) is 5.91 Å². The molecule has 0 radical (unpaired) electrons. The number of benzene rings is 1. The number of nitriles is 1. The number of aromatic nitrogens is 1. The van der Waals surface area contributed by atoms with Gasteiger partial charge in [-0.2, -0.15) is 5.26 Å². The van der Waals surface area contributed by atoms with Gasteiger partial charge < -0.3 is 14.5 Å². The van der Waals surface area contributed by atoms with Crippen LogP contribution in [0.3, 0.4) is 0 Å². The first-order valence-corrected chi connectivity index (χ1v) is 9.29. The summed E-state index contributed by atoms with van der Waals surface area (Å²) in [6.07, 6.45) is 1.99. The van der Waals surface area contributed by atoms with Crippen LogP contribution in [0.1, 0.15) is 12.1 Å². The summed E-state index contributed by atoms with van der Waals surface area (Å²) >= 11 is 0. The van der Waals surface area contributed by atoms with E-state index in [2.05, 4.69) is 4.98 Å². The second kappa shape index (κ2) is 6.25. The van der Waals surface area contributed by atoms with Crippen molar-refractivity contribution in [2.75, 3.05) is 25.2 Å². The standard InChI is InChI=1S/C20H17N5O4/c1-29-10-17(26)23-9-11-6-15(23)18-19(27)25(20(28)24(11)18)16-8-22-14(7-21)12-4-2-3-5-13(12)16/h2-5,8,11,15,18H,6,9-10H2,1H3/t11-,15?,18-/m1/s1. The molecule has 0 spiro atoms. The molecule has 4 amide bonds. The third-order valence-corrected chi connectivity index (χ3v) is 5.97. The average Bonchev–Trinajstić information content (AvgIpc) is 3.39. The highest BCUT2D eigenvalue weighted by atomic mass is 16.5. The number of piperazine rings is 1. The molecule has 4 heterocycles. The molecule has 3 saturated heterocycles. The lowest BCUT2D eigenvalue weighted by Crippen LogP contribution is -2.55. The molecule has 2 aromatic rings. The number of hydrogen-bond acceptors (Lipinski definition) is 6. The summed E-state index contributed by atoms with van der Waals surface area (Å²) in [6, 6.07) is 7.47. The van der Waals surface area contributed by atoms with E-state index < -0.39 is 12.1 Å². The van der Waals surface area contributed by atoms with Crippen molar-refractivity contribution in [2.45, 2.75) is 24.5 Å². The number of urea groups is 1. The molecule has 1 unspecified atom stereocenters. The molecule has 1 aromatic heterocycles. The fourth-order valence-corrected chi connectivity index (χ4v) is 4.82. The summed E-state index contributed by atoms with van der Waals surface area (Å²) in [5.41, 5.74) is 0.596. The third kappa shape index (κ3) is 2.29. The van der Waals surface area contributed by atoms with Crippen molar-refractivity contribution in [1.29, 1.82) is 5.26 Å². The van der Waals surface area contributed by atoms with Crippen molar-refractivity contribution in [3.8, 4) is 6.07 Å². The zero-order valence-electron chi connectivity index (χ0n) is 15.6. The van der Waals surface area contributed by atoms with Gasteiger partial charge in [0.25, 0.3) is 5.91 Å². The third-order valence-electron chi connectivity index (χ3n) is 5.97. The minimum Gasteiger partial charge on any atom is -0.375 e. The number of rotatable bonds is 3. The van der Waals surface area contributed by atoms with E-state index in [1.54, 1.807) is 34.1 Å². The van der Waals surface area contributed by atoms with Gasteiger partial charge in [-0.25, -0.2) is 14.7 Å². The van der Waals surface area contributed by atoms with Crippen LogP contribution in [-0.4, -0.2) is 71.0 Å². The number of fused-ring (bicyclic) bond motifs is 6. The van der Waals surface area contributed by atoms with Gasteiger partial charge in [-0.15, -0.1) is 0 Å². The molecule has 0 aliphatic carbocycles. The fraction of sp³-hybridized carbons (Fsp3) is 0.350. The van der Waals surface area contributed by atoms with Crippen molar-refractivity contribution in [3.05, 3.63) is 36.2 Å². The Labute approximate surface area is 166 Å². The van der Waals surface area contributed by atoms with E-state index in [1.807, 2.05) is 6.07 Å². The highest BCUT2D eigenvalue weighted by Crippen LogP contribution is 2.43. The van der Waals surface area contributed by atoms with Gasteiger partial charge >= 0.3 is 6.03 Å². The topological polar surface area (TPSA) is 107 Å². The number of carbonyl (C=O) groups is 3. The molecular formula is C20H17N5O4. The van der Waals surface area contributed by atoms with Crippen LogP contribution in [0, 0.1) is 11.3 Å². The smallest absolute Gasteiger partial charge is 0.332 e. The average molecular weight is 391 g/mol. The van der Waals surface area contributed by atoms with E-state index in [1.165, 1.54) is 13.3 Å². The molecule has 3 fully saturated rings. The van der Waals surface area contributed by atoms with Gasteiger partial charge in [0.15, 0.2) is 0 Å². The van der Waals surface area contributed by atoms with Crippen LogP contribution in [0.4, 0.5) is 10.5 Å². The van der Waals surface area contributed by atoms with E-state index in [0.29, 0.717) is 29.4 Å². The Kier molecular flexibility index (Phi) is 3.79. The SMILES string of the molecule is COCC(=O)N1C[C@H]2CC1[C@@H]1C(=O)N(c3cnc(C#N)c4ccccc34)C(=O)N21. The van der Waals surface area contributed by atoms with E-state index >= 15 is 0 Å². The monoisotopic (exact) mass is 391 g/mol. The molecule has 5 rings (SSSR count). The van der Waals surface area contributed by atoms with Crippen LogP contribution in [0.2, 0.25) is 0 Å². The molecule has 146 valence electrons. The molecule has 0 saturated carbocycles. The van der Waals surface area contributed by atoms with Crippen molar-refractivity contribution in [3.63, 3.8) is 0 Å². The summed E-state index contributed by atoms with van der Waals surface area (Å²) in [4.78, 5) is 47.4. The maximum atomic E-state index is 13.3. The van der Waals surface area contributed by atoms with E-state index in [-0.39, 0.29) is 36.2 Å². The second-order valence-electron chi connectivity index (χ2n) is 7.39. The number of likely N-dealkylation sites (tertiary alicyclic amines) is 1.